The fourth-order valence-corrected chi connectivity index (χ4v) is 5.08. The van der Waals surface area contributed by atoms with Crippen molar-refractivity contribution in [3.63, 3.8) is 0 Å². The van der Waals surface area contributed by atoms with Gasteiger partial charge in [0.05, 0.1) is 15.6 Å². The van der Waals surface area contributed by atoms with E-state index in [1.54, 1.807) is 17.4 Å². The van der Waals surface area contributed by atoms with Gasteiger partial charge in [-0.1, -0.05) is 6.07 Å². The molecule has 23 heavy (non-hydrogen) atoms. The van der Waals surface area contributed by atoms with Gasteiger partial charge < -0.3 is 0 Å². The summed E-state index contributed by atoms with van der Waals surface area (Å²) in [5.41, 5.74) is 3.49. The number of thiazole rings is 1. The Morgan fingerprint density at radius 2 is 1.91 bits per heavy atom. The first-order valence-electron chi connectivity index (χ1n) is 8.00. The lowest BCUT2D eigenvalue weighted by molar-refractivity contribution is 0.581. The Morgan fingerprint density at radius 3 is 2.61 bits per heavy atom. The van der Waals surface area contributed by atoms with E-state index in [9.17, 15) is 8.42 Å². The molecule has 6 heteroatoms. The van der Waals surface area contributed by atoms with Gasteiger partial charge in [0.25, 0.3) is 0 Å². The summed E-state index contributed by atoms with van der Waals surface area (Å²) in [7, 11) is -3.44. The number of benzene rings is 1. The van der Waals surface area contributed by atoms with Crippen LogP contribution in [-0.4, -0.2) is 19.9 Å². The van der Waals surface area contributed by atoms with Gasteiger partial charge in [0.15, 0.2) is 0 Å². The standard InChI is InChI=1S/C17H22N2O2S2/c1-12-17(22-13(2)19-12)9-10-18-23(20,21)16-8-7-14-5-3-4-6-15(14)11-16/h7-8,11,18H,3-6,9-10H2,1-2H3. The van der Waals surface area contributed by atoms with Crippen molar-refractivity contribution in [2.24, 2.45) is 0 Å². The number of aryl methyl sites for hydroxylation is 4. The van der Waals surface area contributed by atoms with Crippen molar-refractivity contribution in [1.29, 1.82) is 0 Å². The van der Waals surface area contributed by atoms with Crippen molar-refractivity contribution in [2.45, 2.75) is 50.8 Å². The zero-order valence-corrected chi connectivity index (χ0v) is 15.2. The van der Waals surface area contributed by atoms with Gasteiger partial charge in [-0.3, -0.25) is 0 Å². The monoisotopic (exact) mass is 350 g/mol. The lowest BCUT2D eigenvalue weighted by atomic mass is 9.92. The molecule has 0 unspecified atom stereocenters. The third-order valence-corrected chi connectivity index (χ3v) is 6.87. The molecule has 0 fully saturated rings. The maximum Gasteiger partial charge on any atom is 0.240 e. The van der Waals surface area contributed by atoms with E-state index in [0.29, 0.717) is 17.9 Å². The molecule has 1 aliphatic carbocycles. The molecular weight excluding hydrogens is 328 g/mol. The predicted octanol–water partition coefficient (Wildman–Crippen LogP) is 3.16. The van der Waals surface area contributed by atoms with Crippen LogP contribution >= 0.6 is 11.3 Å². The van der Waals surface area contributed by atoms with Gasteiger partial charge in [-0.15, -0.1) is 11.3 Å². The van der Waals surface area contributed by atoms with Gasteiger partial charge in [-0.2, -0.15) is 0 Å². The number of aromatic nitrogens is 1. The molecule has 0 amide bonds. The van der Waals surface area contributed by atoms with Crippen LogP contribution in [0.2, 0.25) is 0 Å². The van der Waals surface area contributed by atoms with E-state index < -0.39 is 10.0 Å². The second-order valence-corrected chi connectivity index (χ2v) is 9.08. The summed E-state index contributed by atoms with van der Waals surface area (Å²) < 4.78 is 27.7. The largest absolute Gasteiger partial charge is 0.247 e. The third-order valence-electron chi connectivity index (χ3n) is 4.27. The van der Waals surface area contributed by atoms with Crippen molar-refractivity contribution in [3.05, 3.63) is 44.9 Å². The first-order valence-corrected chi connectivity index (χ1v) is 10.3. The van der Waals surface area contributed by atoms with Crippen LogP contribution in [0.5, 0.6) is 0 Å². The van der Waals surface area contributed by atoms with Crippen LogP contribution in [0, 0.1) is 13.8 Å². The molecule has 1 N–H and O–H groups in total. The maximum atomic E-state index is 12.5. The van der Waals surface area contributed by atoms with Gasteiger partial charge in [-0.05, 0) is 69.2 Å². The van der Waals surface area contributed by atoms with E-state index in [1.165, 1.54) is 17.5 Å². The average molecular weight is 351 g/mol. The summed E-state index contributed by atoms with van der Waals surface area (Å²) in [6.07, 6.45) is 5.07. The molecule has 4 nitrogen and oxygen atoms in total. The van der Waals surface area contributed by atoms with Crippen LogP contribution in [0.1, 0.15) is 39.5 Å². The molecule has 1 aromatic carbocycles. The summed E-state index contributed by atoms with van der Waals surface area (Å²) in [6, 6.07) is 5.55. The van der Waals surface area contributed by atoms with E-state index in [1.807, 2.05) is 26.0 Å². The molecule has 0 aliphatic heterocycles. The second-order valence-electron chi connectivity index (χ2n) is 6.03. The smallest absolute Gasteiger partial charge is 0.240 e. The third kappa shape index (κ3) is 3.82. The van der Waals surface area contributed by atoms with Crippen LogP contribution in [-0.2, 0) is 29.3 Å². The highest BCUT2D eigenvalue weighted by Gasteiger charge is 2.17. The van der Waals surface area contributed by atoms with Crippen molar-refractivity contribution in [1.82, 2.24) is 9.71 Å². The molecule has 124 valence electrons. The van der Waals surface area contributed by atoms with Gasteiger partial charge in [-0.25, -0.2) is 18.1 Å². The first kappa shape index (κ1) is 16.6. The Morgan fingerprint density at radius 1 is 1.17 bits per heavy atom. The Kier molecular flexibility index (Phi) is 4.85. The normalized spacial score (nSPS) is 14.7. The molecule has 0 radical (unpaired) electrons. The zero-order valence-electron chi connectivity index (χ0n) is 13.6. The lowest BCUT2D eigenvalue weighted by Gasteiger charge is -2.16. The molecule has 3 rings (SSSR count). The highest BCUT2D eigenvalue weighted by atomic mass is 32.2. The van der Waals surface area contributed by atoms with Crippen LogP contribution in [0.3, 0.4) is 0 Å². The first-order chi connectivity index (χ1) is 11.0. The number of fused-ring (bicyclic) bond motifs is 1. The maximum absolute atomic E-state index is 12.5. The second kappa shape index (κ2) is 6.71. The molecule has 0 bridgehead atoms. The van der Waals surface area contributed by atoms with E-state index in [0.717, 1.165) is 34.8 Å². The highest BCUT2D eigenvalue weighted by molar-refractivity contribution is 7.89. The average Bonchev–Trinajstić information content (AvgIpc) is 2.84. The minimum atomic E-state index is -3.44. The van der Waals surface area contributed by atoms with Crippen molar-refractivity contribution < 1.29 is 8.42 Å². The molecule has 0 saturated heterocycles. The Hall–Kier alpha value is -1.24. The summed E-state index contributed by atoms with van der Waals surface area (Å²) in [5, 5.41) is 1.02. The lowest BCUT2D eigenvalue weighted by Crippen LogP contribution is -2.26. The number of hydrogen-bond acceptors (Lipinski definition) is 4. The fraction of sp³-hybridized carbons (Fsp3) is 0.471. The van der Waals surface area contributed by atoms with Crippen LogP contribution in [0.15, 0.2) is 23.1 Å². The van der Waals surface area contributed by atoms with Crippen LogP contribution < -0.4 is 4.72 Å². The van der Waals surface area contributed by atoms with E-state index in [2.05, 4.69) is 9.71 Å². The molecule has 0 spiro atoms. The summed E-state index contributed by atoms with van der Waals surface area (Å²) in [6.45, 7) is 4.34. The Labute approximate surface area is 142 Å². The summed E-state index contributed by atoms with van der Waals surface area (Å²) in [5.74, 6) is 0. The van der Waals surface area contributed by atoms with Gasteiger partial charge in [0, 0.05) is 11.4 Å². The van der Waals surface area contributed by atoms with Crippen molar-refractivity contribution in [2.75, 3.05) is 6.54 Å². The number of nitrogens with zero attached hydrogens (tertiary/aromatic N) is 1. The van der Waals surface area contributed by atoms with Crippen LogP contribution in [0.4, 0.5) is 0 Å². The molecule has 1 aromatic heterocycles. The predicted molar refractivity (Wildman–Crippen MR) is 93.6 cm³/mol. The van der Waals surface area contributed by atoms with Crippen LogP contribution in [0.25, 0.3) is 0 Å². The minimum absolute atomic E-state index is 0.385. The summed E-state index contributed by atoms with van der Waals surface area (Å²) >= 11 is 1.63. The number of sulfonamides is 1. The molecule has 1 heterocycles. The quantitative estimate of drug-likeness (QED) is 0.901. The zero-order chi connectivity index (χ0) is 16.4. The van der Waals surface area contributed by atoms with Gasteiger partial charge in [0.1, 0.15) is 0 Å². The number of hydrogen-bond donors (Lipinski definition) is 1. The number of rotatable bonds is 5. The van der Waals surface area contributed by atoms with Gasteiger partial charge in [0.2, 0.25) is 10.0 Å². The summed E-state index contributed by atoms with van der Waals surface area (Å²) in [4.78, 5) is 5.91. The van der Waals surface area contributed by atoms with Crippen molar-refractivity contribution in [3.8, 4) is 0 Å². The highest BCUT2D eigenvalue weighted by Crippen LogP contribution is 2.24. The molecular formula is C17H22N2O2S2. The minimum Gasteiger partial charge on any atom is -0.247 e. The SMILES string of the molecule is Cc1nc(C)c(CCNS(=O)(=O)c2ccc3c(c2)CCCC3)s1. The van der Waals surface area contributed by atoms with E-state index in [-0.39, 0.29) is 0 Å². The van der Waals surface area contributed by atoms with E-state index >= 15 is 0 Å². The number of nitrogens with one attached hydrogen (secondary N) is 1. The molecule has 0 saturated carbocycles. The van der Waals surface area contributed by atoms with Gasteiger partial charge >= 0.3 is 0 Å². The van der Waals surface area contributed by atoms with E-state index in [4.69, 9.17) is 0 Å². The molecule has 1 aliphatic rings. The molecule has 0 atom stereocenters. The van der Waals surface area contributed by atoms with Crippen molar-refractivity contribution >= 4 is 21.4 Å². The molecule has 2 aromatic rings. The Bertz CT molecular complexity index is 810. The topological polar surface area (TPSA) is 59.1 Å². The fourth-order valence-electron chi connectivity index (χ4n) is 3.06. The Balaban J connectivity index is 1.68.